The highest BCUT2D eigenvalue weighted by atomic mass is 16.6. The summed E-state index contributed by atoms with van der Waals surface area (Å²) in [5.74, 6) is 0. The number of carbonyl (C=O) groups is 1. The first-order valence-electron chi connectivity index (χ1n) is 6.72. The first-order chi connectivity index (χ1) is 9.23. The Hall–Kier alpha value is -2.03. The van der Waals surface area contributed by atoms with Crippen LogP contribution in [0.3, 0.4) is 0 Å². The third kappa shape index (κ3) is 2.62. The number of ether oxygens (including phenoxy) is 1. The minimum atomic E-state index is -0.522. The number of hydrogen-bond donors (Lipinski definition) is 0. The Morgan fingerprint density at radius 2 is 2.15 bits per heavy atom. The van der Waals surface area contributed by atoms with Gasteiger partial charge in [0.15, 0.2) is 5.69 Å². The van der Waals surface area contributed by atoms with Gasteiger partial charge in [0.2, 0.25) is 0 Å². The summed E-state index contributed by atoms with van der Waals surface area (Å²) in [6.45, 7) is 10.00. The second-order valence-electron chi connectivity index (χ2n) is 6.16. The van der Waals surface area contributed by atoms with Crippen molar-refractivity contribution in [1.29, 1.82) is 5.26 Å². The maximum Gasteiger partial charge on any atom is 0.411 e. The molecular weight excluding hydrogens is 256 g/mol. The van der Waals surface area contributed by atoms with Crippen LogP contribution in [0.15, 0.2) is 6.07 Å². The molecule has 108 valence electrons. The summed E-state index contributed by atoms with van der Waals surface area (Å²) >= 11 is 0. The van der Waals surface area contributed by atoms with E-state index in [-0.39, 0.29) is 18.2 Å². The Morgan fingerprint density at radius 1 is 1.50 bits per heavy atom. The standard InChI is InChI=1S/C14H20N4O2/c1-9-8-17-12(6-11(7-15)16-17)10(2)18(9)13(19)20-14(3,4)5/h6,9-10H,8H2,1-5H3/t9-,10+/m1/s1. The monoisotopic (exact) mass is 276 g/mol. The summed E-state index contributed by atoms with van der Waals surface area (Å²) in [5, 5.41) is 13.2. The maximum atomic E-state index is 12.3. The lowest BCUT2D eigenvalue weighted by atomic mass is 10.1. The normalized spacial score (nSPS) is 22.1. The summed E-state index contributed by atoms with van der Waals surface area (Å²) in [4.78, 5) is 14.0. The topological polar surface area (TPSA) is 71.2 Å². The van der Waals surface area contributed by atoms with E-state index < -0.39 is 5.60 Å². The first kappa shape index (κ1) is 14.4. The molecule has 20 heavy (non-hydrogen) atoms. The SMILES string of the molecule is C[C@@H]1Cn2nc(C#N)cc2[C@H](C)N1C(=O)OC(C)(C)C. The molecule has 0 spiro atoms. The van der Waals surface area contributed by atoms with Crippen molar-refractivity contribution in [2.24, 2.45) is 0 Å². The highest BCUT2D eigenvalue weighted by Crippen LogP contribution is 2.30. The number of carbonyl (C=O) groups excluding carboxylic acids is 1. The molecule has 0 radical (unpaired) electrons. The van der Waals surface area contributed by atoms with Crippen molar-refractivity contribution >= 4 is 6.09 Å². The number of nitrogens with zero attached hydrogens (tertiary/aromatic N) is 4. The van der Waals surface area contributed by atoms with Gasteiger partial charge in [-0.2, -0.15) is 10.4 Å². The summed E-state index contributed by atoms with van der Waals surface area (Å²) in [6, 6.07) is 3.57. The molecule has 0 bridgehead atoms. The molecule has 0 N–H and O–H groups in total. The molecule has 0 saturated heterocycles. The number of fused-ring (bicyclic) bond motifs is 1. The van der Waals surface area contributed by atoms with Crippen LogP contribution in [0.4, 0.5) is 4.79 Å². The Morgan fingerprint density at radius 3 is 2.70 bits per heavy atom. The molecule has 1 amide bonds. The molecule has 0 unspecified atom stereocenters. The van der Waals surface area contributed by atoms with Crippen LogP contribution in [0, 0.1) is 11.3 Å². The zero-order chi connectivity index (χ0) is 15.1. The molecule has 1 aliphatic heterocycles. The van der Waals surface area contributed by atoms with Crippen LogP contribution >= 0.6 is 0 Å². The van der Waals surface area contributed by atoms with Crippen LogP contribution in [0.25, 0.3) is 0 Å². The molecule has 0 aliphatic carbocycles. The van der Waals surface area contributed by atoms with Crippen LogP contribution in [-0.4, -0.2) is 32.4 Å². The molecule has 2 rings (SSSR count). The van der Waals surface area contributed by atoms with E-state index in [1.165, 1.54) is 0 Å². The number of hydrogen-bond acceptors (Lipinski definition) is 4. The summed E-state index contributed by atoms with van der Waals surface area (Å²) in [5.41, 5.74) is 0.724. The van der Waals surface area contributed by atoms with Gasteiger partial charge in [-0.25, -0.2) is 4.79 Å². The van der Waals surface area contributed by atoms with Crippen LogP contribution in [-0.2, 0) is 11.3 Å². The van der Waals surface area contributed by atoms with E-state index in [1.54, 1.807) is 15.6 Å². The molecular formula is C14H20N4O2. The smallest absolute Gasteiger partial charge is 0.411 e. The minimum absolute atomic E-state index is 0.0289. The van der Waals surface area contributed by atoms with Gasteiger partial charge in [0.25, 0.3) is 0 Å². The Kier molecular flexibility index (Phi) is 3.46. The largest absolute Gasteiger partial charge is 0.444 e. The van der Waals surface area contributed by atoms with Crippen LogP contribution in [0.5, 0.6) is 0 Å². The van der Waals surface area contributed by atoms with Crippen LogP contribution in [0.2, 0.25) is 0 Å². The number of aromatic nitrogens is 2. The predicted molar refractivity (Wildman–Crippen MR) is 72.9 cm³/mol. The van der Waals surface area contributed by atoms with Crippen LogP contribution < -0.4 is 0 Å². The molecule has 0 saturated carbocycles. The van der Waals surface area contributed by atoms with Crippen molar-refractivity contribution < 1.29 is 9.53 Å². The Bertz CT molecular complexity index is 565. The van der Waals surface area contributed by atoms with Crippen molar-refractivity contribution in [3.63, 3.8) is 0 Å². The minimum Gasteiger partial charge on any atom is -0.444 e. The fourth-order valence-corrected chi connectivity index (χ4v) is 2.48. The number of rotatable bonds is 0. The fourth-order valence-electron chi connectivity index (χ4n) is 2.48. The lowest BCUT2D eigenvalue weighted by molar-refractivity contribution is -0.000305. The Labute approximate surface area is 118 Å². The van der Waals surface area contributed by atoms with Crippen molar-refractivity contribution in [2.75, 3.05) is 0 Å². The molecule has 0 fully saturated rings. The fraction of sp³-hybridized carbons (Fsp3) is 0.643. The molecule has 0 aromatic carbocycles. The van der Waals surface area contributed by atoms with E-state index in [0.29, 0.717) is 12.2 Å². The van der Waals surface area contributed by atoms with Gasteiger partial charge < -0.3 is 4.74 Å². The van der Waals surface area contributed by atoms with Crippen molar-refractivity contribution in [3.05, 3.63) is 17.5 Å². The highest BCUT2D eigenvalue weighted by molar-refractivity contribution is 5.69. The number of nitriles is 1. The average molecular weight is 276 g/mol. The van der Waals surface area contributed by atoms with Gasteiger partial charge in [-0.3, -0.25) is 9.58 Å². The first-order valence-corrected chi connectivity index (χ1v) is 6.72. The summed E-state index contributed by atoms with van der Waals surface area (Å²) in [6.07, 6.45) is -0.330. The molecule has 2 heterocycles. The second-order valence-corrected chi connectivity index (χ2v) is 6.16. The number of amides is 1. The van der Waals surface area contributed by atoms with Crippen LogP contribution in [0.1, 0.15) is 52.0 Å². The molecule has 2 atom stereocenters. The van der Waals surface area contributed by atoms with E-state index in [4.69, 9.17) is 10.00 Å². The van der Waals surface area contributed by atoms with Crippen molar-refractivity contribution in [2.45, 2.75) is 58.8 Å². The van der Waals surface area contributed by atoms with Gasteiger partial charge in [-0.1, -0.05) is 0 Å². The van der Waals surface area contributed by atoms with Gasteiger partial charge in [-0.15, -0.1) is 0 Å². The van der Waals surface area contributed by atoms with Gasteiger partial charge in [0.05, 0.1) is 24.3 Å². The van der Waals surface area contributed by atoms with Gasteiger partial charge in [-0.05, 0) is 40.7 Å². The van der Waals surface area contributed by atoms with E-state index in [0.717, 1.165) is 5.69 Å². The van der Waals surface area contributed by atoms with E-state index in [9.17, 15) is 4.79 Å². The quantitative estimate of drug-likeness (QED) is 0.729. The zero-order valence-corrected chi connectivity index (χ0v) is 12.5. The molecule has 6 nitrogen and oxygen atoms in total. The molecule has 1 aliphatic rings. The third-order valence-electron chi connectivity index (χ3n) is 3.29. The highest BCUT2D eigenvalue weighted by Gasteiger charge is 2.36. The summed E-state index contributed by atoms with van der Waals surface area (Å²) in [7, 11) is 0. The molecule has 1 aromatic heterocycles. The maximum absolute atomic E-state index is 12.3. The lowest BCUT2D eigenvalue weighted by Gasteiger charge is -2.39. The van der Waals surface area contributed by atoms with Gasteiger partial charge in [0, 0.05) is 0 Å². The van der Waals surface area contributed by atoms with E-state index in [2.05, 4.69) is 5.10 Å². The summed E-state index contributed by atoms with van der Waals surface area (Å²) < 4.78 is 7.26. The zero-order valence-electron chi connectivity index (χ0n) is 12.5. The van der Waals surface area contributed by atoms with Gasteiger partial charge in [0.1, 0.15) is 11.7 Å². The lowest BCUT2D eigenvalue weighted by Crippen LogP contribution is -2.48. The molecule has 6 heteroatoms. The average Bonchev–Trinajstić information content (AvgIpc) is 2.69. The Balaban J connectivity index is 2.28. The van der Waals surface area contributed by atoms with E-state index in [1.807, 2.05) is 40.7 Å². The molecule has 1 aromatic rings. The van der Waals surface area contributed by atoms with E-state index >= 15 is 0 Å². The second kappa shape index (κ2) is 4.82. The van der Waals surface area contributed by atoms with Crippen molar-refractivity contribution in [3.8, 4) is 6.07 Å². The van der Waals surface area contributed by atoms with Gasteiger partial charge >= 0.3 is 6.09 Å². The predicted octanol–water partition coefficient (Wildman–Crippen LogP) is 2.45. The van der Waals surface area contributed by atoms with Crippen molar-refractivity contribution in [1.82, 2.24) is 14.7 Å². The third-order valence-corrected chi connectivity index (χ3v) is 3.29.